The highest BCUT2D eigenvalue weighted by Gasteiger charge is 2.15. The summed E-state index contributed by atoms with van der Waals surface area (Å²) in [5.41, 5.74) is 3.28. The van der Waals surface area contributed by atoms with E-state index < -0.39 is 16.8 Å². The highest BCUT2D eigenvalue weighted by atomic mass is 79.9. The van der Waals surface area contributed by atoms with Crippen LogP contribution in [0.25, 0.3) is 0 Å². The third-order valence-corrected chi connectivity index (χ3v) is 5.14. The zero-order valence-electron chi connectivity index (χ0n) is 18.4. The van der Waals surface area contributed by atoms with E-state index in [1.54, 1.807) is 43.3 Å². The second-order valence-corrected chi connectivity index (χ2v) is 7.97. The number of nitro groups is 1. The van der Waals surface area contributed by atoms with E-state index >= 15 is 0 Å². The van der Waals surface area contributed by atoms with Gasteiger partial charge in [-0.15, -0.1) is 0 Å². The minimum atomic E-state index is -0.666. The molecule has 2 amide bonds. The van der Waals surface area contributed by atoms with Crippen molar-refractivity contribution in [1.82, 2.24) is 5.43 Å². The number of ether oxygens (including phenoxy) is 1. The van der Waals surface area contributed by atoms with Crippen LogP contribution in [0, 0.1) is 10.1 Å². The van der Waals surface area contributed by atoms with Crippen LogP contribution >= 0.6 is 15.9 Å². The van der Waals surface area contributed by atoms with Gasteiger partial charge in [0.1, 0.15) is 5.75 Å². The highest BCUT2D eigenvalue weighted by molar-refractivity contribution is 9.10. The van der Waals surface area contributed by atoms with Crippen LogP contribution in [0.5, 0.6) is 5.75 Å². The zero-order chi connectivity index (χ0) is 25.4. The van der Waals surface area contributed by atoms with Crippen LogP contribution in [0.4, 0.5) is 11.4 Å². The van der Waals surface area contributed by atoms with Crippen LogP contribution in [0.2, 0.25) is 0 Å². The van der Waals surface area contributed by atoms with Gasteiger partial charge in [-0.25, -0.2) is 10.2 Å². The fourth-order valence-electron chi connectivity index (χ4n) is 2.77. The van der Waals surface area contributed by atoms with Gasteiger partial charge in [-0.05, 0) is 54.6 Å². The first kappa shape index (κ1) is 25.2. The van der Waals surface area contributed by atoms with Gasteiger partial charge in [-0.2, -0.15) is 5.10 Å². The average molecular weight is 539 g/mol. The zero-order valence-corrected chi connectivity index (χ0v) is 19.9. The third kappa shape index (κ3) is 7.05. The average Bonchev–Trinajstić information content (AvgIpc) is 2.85. The Morgan fingerprint density at radius 2 is 1.69 bits per heavy atom. The predicted octanol–water partition coefficient (Wildman–Crippen LogP) is 4.69. The number of esters is 1. The molecule has 0 fully saturated rings. The summed E-state index contributed by atoms with van der Waals surface area (Å²) in [6, 6.07) is 16.3. The van der Waals surface area contributed by atoms with Gasteiger partial charge in [0.25, 0.3) is 11.6 Å². The topological polar surface area (TPSA) is 140 Å². The van der Waals surface area contributed by atoms with Gasteiger partial charge in [0.15, 0.2) is 0 Å². The number of benzene rings is 3. The molecule has 0 aliphatic carbocycles. The van der Waals surface area contributed by atoms with Gasteiger partial charge in [0, 0.05) is 39.8 Å². The van der Waals surface area contributed by atoms with Gasteiger partial charge in [0.05, 0.1) is 16.7 Å². The van der Waals surface area contributed by atoms with Crippen molar-refractivity contribution >= 4 is 51.3 Å². The van der Waals surface area contributed by atoms with Gasteiger partial charge in [-0.3, -0.25) is 19.7 Å². The molecule has 11 heteroatoms. The second-order valence-electron chi connectivity index (χ2n) is 7.05. The van der Waals surface area contributed by atoms with Crippen molar-refractivity contribution in [2.24, 2.45) is 5.10 Å². The Morgan fingerprint density at radius 3 is 2.31 bits per heavy atom. The molecule has 178 valence electrons. The van der Waals surface area contributed by atoms with E-state index in [0.717, 1.165) is 10.7 Å². The largest absolute Gasteiger partial charge is 0.422 e. The first-order valence-electron chi connectivity index (χ1n) is 10.3. The molecule has 0 aliphatic heterocycles. The summed E-state index contributed by atoms with van der Waals surface area (Å²) in [7, 11) is 0. The number of rotatable bonds is 8. The van der Waals surface area contributed by atoms with Gasteiger partial charge in [-0.1, -0.05) is 22.9 Å². The van der Waals surface area contributed by atoms with Gasteiger partial charge >= 0.3 is 5.97 Å². The van der Waals surface area contributed by atoms with Crippen LogP contribution < -0.4 is 15.5 Å². The molecule has 0 bridgehead atoms. The van der Waals surface area contributed by atoms with E-state index in [4.69, 9.17) is 4.74 Å². The summed E-state index contributed by atoms with van der Waals surface area (Å²) in [6.07, 6.45) is 1.47. The summed E-state index contributed by atoms with van der Waals surface area (Å²) in [4.78, 5) is 46.8. The Labute approximate surface area is 208 Å². The molecule has 0 spiro atoms. The lowest BCUT2D eigenvalue weighted by atomic mass is 10.2. The number of hydrogen-bond acceptors (Lipinski definition) is 7. The van der Waals surface area contributed by atoms with E-state index in [1.165, 1.54) is 30.3 Å². The van der Waals surface area contributed by atoms with Gasteiger partial charge in [0.2, 0.25) is 5.91 Å². The first-order valence-corrected chi connectivity index (χ1v) is 11.1. The number of carbonyl (C=O) groups is 3. The van der Waals surface area contributed by atoms with Crippen molar-refractivity contribution < 1.29 is 24.0 Å². The van der Waals surface area contributed by atoms with E-state index in [-0.39, 0.29) is 34.0 Å². The first-order chi connectivity index (χ1) is 16.8. The SMILES string of the molecule is CCC(=O)Nc1ccc(C(=O)N/N=C/c2cc([N+](=O)[O-])ccc2OC(=O)c2ccc(Br)cc2)cc1. The van der Waals surface area contributed by atoms with Crippen molar-refractivity contribution in [2.75, 3.05) is 5.32 Å². The number of amides is 2. The molecule has 0 saturated carbocycles. The Kier molecular flexibility index (Phi) is 8.41. The maximum Gasteiger partial charge on any atom is 0.343 e. The highest BCUT2D eigenvalue weighted by Crippen LogP contribution is 2.24. The Bertz CT molecular complexity index is 1290. The third-order valence-electron chi connectivity index (χ3n) is 4.61. The number of hydrogen-bond donors (Lipinski definition) is 2. The molecule has 3 aromatic rings. The molecular weight excluding hydrogens is 520 g/mol. The molecule has 3 aromatic carbocycles. The number of halogens is 1. The molecule has 3 rings (SSSR count). The lowest BCUT2D eigenvalue weighted by molar-refractivity contribution is -0.384. The molecule has 0 unspecified atom stereocenters. The van der Waals surface area contributed by atoms with E-state index in [9.17, 15) is 24.5 Å². The molecule has 0 heterocycles. The lowest BCUT2D eigenvalue weighted by Gasteiger charge is -2.08. The fourth-order valence-corrected chi connectivity index (χ4v) is 3.03. The minimum absolute atomic E-state index is 0.0255. The number of hydrazone groups is 1. The standard InChI is InChI=1S/C24H19BrN4O6/c1-2-22(30)27-19-9-5-15(6-10-19)23(31)28-26-14-17-13-20(29(33)34)11-12-21(17)35-24(32)16-3-7-18(25)8-4-16/h3-14H,2H2,1H3,(H,27,30)(H,28,31)/b26-14+. The number of carbonyl (C=O) groups excluding carboxylic acids is 3. The molecule has 0 radical (unpaired) electrons. The monoisotopic (exact) mass is 538 g/mol. The van der Waals surface area contributed by atoms with Crippen LogP contribution in [0.1, 0.15) is 39.6 Å². The molecular formula is C24H19BrN4O6. The molecule has 0 aliphatic rings. The normalized spacial score (nSPS) is 10.6. The number of anilines is 1. The Morgan fingerprint density at radius 1 is 1.03 bits per heavy atom. The quantitative estimate of drug-likeness (QED) is 0.140. The fraction of sp³-hybridized carbons (Fsp3) is 0.0833. The number of nitro benzene ring substituents is 1. The Hall–Kier alpha value is -4.38. The van der Waals surface area contributed by atoms with Crippen molar-refractivity contribution in [3.63, 3.8) is 0 Å². The second kappa shape index (κ2) is 11.7. The maximum absolute atomic E-state index is 12.5. The molecule has 10 nitrogen and oxygen atoms in total. The van der Waals surface area contributed by atoms with Crippen LogP contribution in [0.15, 0.2) is 76.3 Å². The molecule has 0 atom stereocenters. The van der Waals surface area contributed by atoms with E-state index in [2.05, 4.69) is 31.8 Å². The van der Waals surface area contributed by atoms with Crippen molar-refractivity contribution in [3.05, 3.63) is 98.0 Å². The molecule has 0 saturated heterocycles. The Balaban J connectivity index is 1.74. The molecule has 0 aromatic heterocycles. The van der Waals surface area contributed by atoms with E-state index in [1.807, 2.05) is 0 Å². The van der Waals surface area contributed by atoms with Crippen LogP contribution in [-0.4, -0.2) is 28.9 Å². The summed E-state index contributed by atoms with van der Waals surface area (Å²) in [6.45, 7) is 1.73. The minimum Gasteiger partial charge on any atom is -0.422 e. The number of nitrogens with one attached hydrogen (secondary N) is 2. The van der Waals surface area contributed by atoms with Crippen LogP contribution in [-0.2, 0) is 4.79 Å². The van der Waals surface area contributed by atoms with Gasteiger partial charge < -0.3 is 10.1 Å². The summed E-state index contributed by atoms with van der Waals surface area (Å²) in [5, 5.41) is 17.7. The summed E-state index contributed by atoms with van der Waals surface area (Å²) in [5.74, 6) is -1.34. The lowest BCUT2D eigenvalue weighted by Crippen LogP contribution is -2.18. The summed E-state index contributed by atoms with van der Waals surface area (Å²) < 4.78 is 6.17. The van der Waals surface area contributed by atoms with Crippen molar-refractivity contribution in [3.8, 4) is 5.75 Å². The molecule has 2 N–H and O–H groups in total. The van der Waals surface area contributed by atoms with E-state index in [0.29, 0.717) is 12.1 Å². The number of non-ortho nitro benzene ring substituents is 1. The maximum atomic E-state index is 12.5. The van der Waals surface area contributed by atoms with Crippen LogP contribution in [0.3, 0.4) is 0 Å². The number of nitrogens with zero attached hydrogens (tertiary/aromatic N) is 2. The predicted molar refractivity (Wildman–Crippen MR) is 133 cm³/mol. The van der Waals surface area contributed by atoms with Crippen molar-refractivity contribution in [2.45, 2.75) is 13.3 Å². The van der Waals surface area contributed by atoms with Crippen molar-refractivity contribution in [1.29, 1.82) is 0 Å². The molecule has 35 heavy (non-hydrogen) atoms. The smallest absolute Gasteiger partial charge is 0.343 e. The summed E-state index contributed by atoms with van der Waals surface area (Å²) >= 11 is 3.28.